The molecule has 2 N–H and O–H groups in total. The first kappa shape index (κ1) is 14.8. The molecular weight excluding hydrogens is 251 g/mol. The zero-order valence-corrected chi connectivity index (χ0v) is 10.0. The minimum Gasteiger partial charge on any atom is -0.481 e. The number of carbonyl (C=O) groups is 2. The Balaban J connectivity index is 2.52. The summed E-state index contributed by atoms with van der Waals surface area (Å²) in [5.41, 5.74) is -1.08. The molecule has 1 rings (SSSR count). The molecule has 1 saturated carbocycles. The fraction of sp³-hybridized carbons (Fsp3) is 0.818. The van der Waals surface area contributed by atoms with Crippen molar-refractivity contribution >= 4 is 11.9 Å². The van der Waals surface area contributed by atoms with Crippen LogP contribution in [-0.4, -0.2) is 29.2 Å². The number of rotatable bonds is 4. The second-order valence-electron chi connectivity index (χ2n) is 4.85. The van der Waals surface area contributed by atoms with E-state index in [1.165, 1.54) is 6.92 Å². The Hall–Kier alpha value is -1.27. The van der Waals surface area contributed by atoms with Crippen molar-refractivity contribution in [1.29, 1.82) is 0 Å². The Labute approximate surface area is 103 Å². The van der Waals surface area contributed by atoms with Gasteiger partial charge in [-0.05, 0) is 19.8 Å². The maximum absolute atomic E-state index is 11.9. The molecule has 2 atom stereocenters. The first-order valence-corrected chi connectivity index (χ1v) is 5.75. The van der Waals surface area contributed by atoms with Gasteiger partial charge < -0.3 is 10.4 Å². The van der Waals surface area contributed by atoms with Gasteiger partial charge in [-0.25, -0.2) is 0 Å². The Morgan fingerprint density at radius 1 is 1.44 bits per heavy atom. The molecule has 1 aliphatic rings. The third kappa shape index (κ3) is 3.61. The van der Waals surface area contributed by atoms with Crippen LogP contribution in [0.4, 0.5) is 13.2 Å². The number of carbonyl (C=O) groups excluding carboxylic acids is 1. The van der Waals surface area contributed by atoms with Gasteiger partial charge in [0, 0.05) is 12.5 Å². The van der Waals surface area contributed by atoms with E-state index >= 15 is 0 Å². The van der Waals surface area contributed by atoms with Crippen molar-refractivity contribution in [3.8, 4) is 0 Å². The highest BCUT2D eigenvalue weighted by Crippen LogP contribution is 2.38. The molecule has 18 heavy (non-hydrogen) atoms. The molecule has 0 saturated heterocycles. The van der Waals surface area contributed by atoms with Gasteiger partial charge in [-0.3, -0.25) is 9.59 Å². The molecule has 1 aliphatic carbocycles. The minimum atomic E-state index is -4.37. The van der Waals surface area contributed by atoms with Gasteiger partial charge in [0.15, 0.2) is 0 Å². The monoisotopic (exact) mass is 267 g/mol. The predicted octanol–water partition coefficient (Wildman–Crippen LogP) is 2.09. The number of carboxylic acid groups (broad SMARTS) is 1. The van der Waals surface area contributed by atoms with Crippen molar-refractivity contribution < 1.29 is 27.9 Å². The van der Waals surface area contributed by atoms with Crippen molar-refractivity contribution in [3.63, 3.8) is 0 Å². The Kier molecular flexibility index (Phi) is 4.24. The van der Waals surface area contributed by atoms with Crippen LogP contribution in [-0.2, 0) is 9.59 Å². The van der Waals surface area contributed by atoms with Gasteiger partial charge in [-0.2, -0.15) is 13.2 Å². The summed E-state index contributed by atoms with van der Waals surface area (Å²) >= 11 is 0. The van der Waals surface area contributed by atoms with E-state index in [1.54, 1.807) is 0 Å². The summed E-state index contributed by atoms with van der Waals surface area (Å²) in [5, 5.41) is 11.5. The van der Waals surface area contributed by atoms with E-state index in [4.69, 9.17) is 5.11 Å². The smallest absolute Gasteiger partial charge is 0.389 e. The molecule has 0 aromatic rings. The summed E-state index contributed by atoms with van der Waals surface area (Å²) in [6.45, 7) is 1.51. The fourth-order valence-electron chi connectivity index (χ4n) is 2.18. The molecule has 2 unspecified atom stereocenters. The molecule has 0 heterocycles. The van der Waals surface area contributed by atoms with Crippen LogP contribution in [0, 0.1) is 5.41 Å². The molecule has 0 spiro atoms. The highest BCUT2D eigenvalue weighted by molar-refractivity contribution is 5.80. The third-order valence-corrected chi connectivity index (χ3v) is 3.42. The van der Waals surface area contributed by atoms with Gasteiger partial charge in [0.25, 0.3) is 0 Å². The summed E-state index contributed by atoms with van der Waals surface area (Å²) < 4.78 is 35.8. The van der Waals surface area contributed by atoms with Crippen LogP contribution in [0.2, 0.25) is 0 Å². The van der Waals surface area contributed by atoms with E-state index in [2.05, 4.69) is 5.32 Å². The van der Waals surface area contributed by atoms with E-state index in [9.17, 15) is 22.8 Å². The van der Waals surface area contributed by atoms with Gasteiger partial charge in [0.1, 0.15) is 0 Å². The number of halogens is 3. The first-order valence-electron chi connectivity index (χ1n) is 5.75. The lowest BCUT2D eigenvalue weighted by atomic mass is 9.85. The zero-order chi connectivity index (χ0) is 14.0. The summed E-state index contributed by atoms with van der Waals surface area (Å²) in [7, 11) is 0. The van der Waals surface area contributed by atoms with Crippen LogP contribution in [0.25, 0.3) is 0 Å². The van der Waals surface area contributed by atoms with Gasteiger partial charge in [-0.1, -0.05) is 6.42 Å². The molecule has 4 nitrogen and oxygen atoms in total. The summed E-state index contributed by atoms with van der Waals surface area (Å²) in [4.78, 5) is 22.5. The minimum absolute atomic E-state index is 0.423. The lowest BCUT2D eigenvalue weighted by Crippen LogP contribution is -2.47. The molecule has 0 aromatic heterocycles. The maximum Gasteiger partial charge on any atom is 0.389 e. The second kappa shape index (κ2) is 5.16. The third-order valence-electron chi connectivity index (χ3n) is 3.42. The Morgan fingerprint density at radius 2 is 2.06 bits per heavy atom. The van der Waals surface area contributed by atoms with Crippen LogP contribution in [0.3, 0.4) is 0 Å². The van der Waals surface area contributed by atoms with Crippen molar-refractivity contribution in [2.24, 2.45) is 5.41 Å². The number of carboxylic acids is 1. The van der Waals surface area contributed by atoms with Crippen molar-refractivity contribution in [1.82, 2.24) is 5.32 Å². The van der Waals surface area contributed by atoms with Gasteiger partial charge >= 0.3 is 12.1 Å². The molecule has 7 heteroatoms. The molecule has 0 aliphatic heterocycles. The zero-order valence-electron chi connectivity index (χ0n) is 10.0. The fourth-order valence-corrected chi connectivity index (χ4v) is 2.18. The quantitative estimate of drug-likeness (QED) is 0.819. The molecule has 0 aromatic carbocycles. The number of hydrogen-bond donors (Lipinski definition) is 2. The van der Waals surface area contributed by atoms with E-state index in [0.717, 1.165) is 0 Å². The summed E-state index contributed by atoms with van der Waals surface area (Å²) in [6.07, 6.45) is -4.66. The number of aliphatic carboxylic acids is 1. The Bertz CT molecular complexity index is 343. The molecule has 1 amide bonds. The van der Waals surface area contributed by atoms with Crippen molar-refractivity contribution in [2.45, 2.75) is 51.2 Å². The molecule has 104 valence electrons. The lowest BCUT2D eigenvalue weighted by molar-refractivity contribution is -0.150. The van der Waals surface area contributed by atoms with E-state index in [1.807, 2.05) is 0 Å². The van der Waals surface area contributed by atoms with Crippen LogP contribution in [0.1, 0.15) is 39.0 Å². The Morgan fingerprint density at radius 3 is 2.56 bits per heavy atom. The number of hydrogen-bond acceptors (Lipinski definition) is 2. The lowest BCUT2D eigenvalue weighted by Gasteiger charge is -2.27. The number of amides is 1. The molecular formula is C11H16F3NO3. The van der Waals surface area contributed by atoms with Crippen molar-refractivity contribution in [3.05, 3.63) is 0 Å². The highest BCUT2D eigenvalue weighted by atomic mass is 19.4. The van der Waals surface area contributed by atoms with E-state index in [0.29, 0.717) is 19.3 Å². The second-order valence-corrected chi connectivity index (χ2v) is 4.85. The van der Waals surface area contributed by atoms with Crippen LogP contribution >= 0.6 is 0 Å². The van der Waals surface area contributed by atoms with Crippen LogP contribution in [0.5, 0.6) is 0 Å². The normalized spacial score (nSPS) is 28.1. The van der Waals surface area contributed by atoms with Crippen LogP contribution in [0.15, 0.2) is 0 Å². The average Bonchev–Trinajstić information content (AvgIpc) is 2.58. The van der Waals surface area contributed by atoms with E-state index < -0.39 is 42.4 Å². The maximum atomic E-state index is 11.9. The summed E-state index contributed by atoms with van der Waals surface area (Å²) in [6, 6.07) is -0.587. The van der Waals surface area contributed by atoms with Gasteiger partial charge in [-0.15, -0.1) is 0 Å². The summed E-state index contributed by atoms with van der Waals surface area (Å²) in [5.74, 6) is -1.77. The predicted molar refractivity (Wildman–Crippen MR) is 56.8 cm³/mol. The van der Waals surface area contributed by atoms with Crippen molar-refractivity contribution in [2.75, 3.05) is 0 Å². The van der Waals surface area contributed by atoms with Gasteiger partial charge in [0.05, 0.1) is 11.8 Å². The van der Waals surface area contributed by atoms with Gasteiger partial charge in [0.2, 0.25) is 5.91 Å². The first-order chi connectivity index (χ1) is 8.15. The largest absolute Gasteiger partial charge is 0.481 e. The molecule has 1 fully saturated rings. The SMILES string of the molecule is CC1(C(=O)O)CCCC1NC(=O)CCC(F)(F)F. The number of nitrogens with one attached hydrogen (secondary N) is 1. The topological polar surface area (TPSA) is 66.4 Å². The van der Waals surface area contributed by atoms with E-state index in [-0.39, 0.29) is 0 Å². The standard InChI is InChI=1S/C11H16F3NO3/c1-10(9(17)18)5-2-3-7(10)15-8(16)4-6-11(12,13)14/h7H,2-6H2,1H3,(H,15,16)(H,17,18). The average molecular weight is 267 g/mol. The molecule has 0 radical (unpaired) electrons. The van der Waals surface area contributed by atoms with Crippen LogP contribution < -0.4 is 5.32 Å². The molecule has 0 bridgehead atoms. The highest BCUT2D eigenvalue weighted by Gasteiger charge is 2.46. The number of alkyl halides is 3.